The first-order chi connectivity index (χ1) is 25.4. The highest BCUT2D eigenvalue weighted by Gasteiger charge is 2.30. The zero-order valence-electron chi connectivity index (χ0n) is 34.2. The minimum absolute atomic E-state index is 0.0313. The van der Waals surface area contributed by atoms with Gasteiger partial charge in [-0.25, -0.2) is 0 Å². The SMILES string of the molecule is CCCCCCCCCCCCCCCC(=O)N[C@H](CCCCN)C(=O)N[C@@H](CCCCN)C(=O)N[C@@H](CC(C)C)C(=O)N[C@H](C)CCCN=C(N)N. The molecular formula is C40H81N9O4. The second-order valence-electron chi connectivity index (χ2n) is 15.3. The van der Waals surface area contributed by atoms with Crippen molar-refractivity contribution in [2.75, 3.05) is 19.6 Å². The average Bonchev–Trinajstić information content (AvgIpc) is 3.10. The number of carbonyl (C=O) groups excluding carboxylic acids is 4. The van der Waals surface area contributed by atoms with Gasteiger partial charge >= 0.3 is 0 Å². The molecule has 0 bridgehead atoms. The molecule has 0 aromatic heterocycles. The molecule has 0 saturated heterocycles. The molecule has 4 atom stereocenters. The van der Waals surface area contributed by atoms with Crippen LogP contribution in [-0.4, -0.2) is 73.4 Å². The van der Waals surface area contributed by atoms with Crippen LogP contribution in [0.25, 0.3) is 0 Å². The first-order valence-corrected chi connectivity index (χ1v) is 21.1. The molecule has 0 radical (unpaired) electrons. The lowest BCUT2D eigenvalue weighted by atomic mass is 10.0. The highest BCUT2D eigenvalue weighted by atomic mass is 16.2. The van der Waals surface area contributed by atoms with Crippen molar-refractivity contribution >= 4 is 29.6 Å². The maximum Gasteiger partial charge on any atom is 0.243 e. The van der Waals surface area contributed by atoms with Gasteiger partial charge in [0.2, 0.25) is 23.6 Å². The van der Waals surface area contributed by atoms with E-state index in [1.807, 2.05) is 20.8 Å². The topological polar surface area (TPSA) is 233 Å². The fraction of sp³-hybridized carbons (Fsp3) is 0.875. The number of unbranched alkanes of at least 4 members (excludes halogenated alkanes) is 14. The van der Waals surface area contributed by atoms with Crippen molar-refractivity contribution in [3.63, 3.8) is 0 Å². The molecule has 53 heavy (non-hydrogen) atoms. The Morgan fingerprint density at radius 3 is 1.45 bits per heavy atom. The highest BCUT2D eigenvalue weighted by Crippen LogP contribution is 2.14. The van der Waals surface area contributed by atoms with Gasteiger partial charge in [-0.1, -0.05) is 97.8 Å². The van der Waals surface area contributed by atoms with Gasteiger partial charge in [0.25, 0.3) is 0 Å². The van der Waals surface area contributed by atoms with Crippen LogP contribution in [0.1, 0.15) is 175 Å². The van der Waals surface area contributed by atoms with Crippen molar-refractivity contribution in [1.82, 2.24) is 21.3 Å². The lowest BCUT2D eigenvalue weighted by Crippen LogP contribution is -2.57. The summed E-state index contributed by atoms with van der Waals surface area (Å²) >= 11 is 0. The summed E-state index contributed by atoms with van der Waals surface area (Å²) in [5.74, 6) is -1.13. The van der Waals surface area contributed by atoms with E-state index in [1.54, 1.807) is 0 Å². The molecule has 4 amide bonds. The second kappa shape index (κ2) is 33.6. The predicted octanol–water partition coefficient (Wildman–Crippen LogP) is 4.78. The van der Waals surface area contributed by atoms with E-state index in [1.165, 1.54) is 64.2 Å². The summed E-state index contributed by atoms with van der Waals surface area (Å²) in [6.07, 6.45) is 21.6. The van der Waals surface area contributed by atoms with E-state index in [9.17, 15) is 19.2 Å². The molecule has 0 aromatic rings. The van der Waals surface area contributed by atoms with E-state index in [2.05, 4.69) is 33.2 Å². The van der Waals surface area contributed by atoms with Crippen molar-refractivity contribution in [1.29, 1.82) is 0 Å². The van der Waals surface area contributed by atoms with Gasteiger partial charge in [-0.15, -0.1) is 0 Å². The van der Waals surface area contributed by atoms with E-state index in [0.29, 0.717) is 77.4 Å². The molecule has 0 aromatic carbocycles. The van der Waals surface area contributed by atoms with Crippen molar-refractivity contribution in [3.8, 4) is 0 Å². The van der Waals surface area contributed by atoms with Gasteiger partial charge in [0.15, 0.2) is 5.96 Å². The van der Waals surface area contributed by atoms with Crippen LogP contribution < -0.4 is 44.2 Å². The Kier molecular flexibility index (Phi) is 31.8. The Labute approximate surface area is 322 Å². The van der Waals surface area contributed by atoms with Crippen molar-refractivity contribution < 1.29 is 19.2 Å². The van der Waals surface area contributed by atoms with Crippen LogP contribution in [0, 0.1) is 5.92 Å². The standard InChI is InChI=1S/C40H81N9O4/c1-5-6-7-8-9-10-11-12-13-14-15-16-17-26-36(50)47-33(24-18-20-27-41)37(51)48-34(25-19-21-28-42)38(52)49-35(30-31(2)3)39(53)46-32(4)23-22-29-45-40(43)44/h31-35H,5-30,41-42H2,1-4H3,(H,46,53)(H,47,50)(H,48,51)(H,49,52)(H4,43,44,45)/t32-,33-,34+,35+/m1/s1. The fourth-order valence-corrected chi connectivity index (χ4v) is 6.36. The van der Waals surface area contributed by atoms with Gasteiger partial charge in [0.05, 0.1) is 0 Å². The van der Waals surface area contributed by atoms with Gasteiger partial charge in [-0.05, 0) is 90.1 Å². The van der Waals surface area contributed by atoms with E-state index < -0.39 is 29.9 Å². The summed E-state index contributed by atoms with van der Waals surface area (Å²) in [7, 11) is 0. The Hall–Kier alpha value is -2.93. The first-order valence-electron chi connectivity index (χ1n) is 21.1. The van der Waals surface area contributed by atoms with E-state index in [4.69, 9.17) is 22.9 Å². The fourth-order valence-electron chi connectivity index (χ4n) is 6.36. The zero-order chi connectivity index (χ0) is 39.7. The smallest absolute Gasteiger partial charge is 0.243 e. The molecule has 13 heteroatoms. The largest absolute Gasteiger partial charge is 0.370 e. The van der Waals surface area contributed by atoms with Gasteiger partial charge < -0.3 is 44.2 Å². The summed E-state index contributed by atoms with van der Waals surface area (Å²) < 4.78 is 0. The Bertz CT molecular complexity index is 991. The van der Waals surface area contributed by atoms with E-state index in [-0.39, 0.29) is 29.7 Å². The number of guanidine groups is 1. The number of amides is 4. The average molecular weight is 752 g/mol. The summed E-state index contributed by atoms with van der Waals surface area (Å²) in [6.45, 7) is 9.52. The van der Waals surface area contributed by atoms with Crippen LogP contribution in [0.2, 0.25) is 0 Å². The number of carbonyl (C=O) groups is 4. The summed E-state index contributed by atoms with van der Waals surface area (Å²) in [4.78, 5) is 57.6. The molecule has 0 aliphatic rings. The van der Waals surface area contributed by atoms with Crippen LogP contribution >= 0.6 is 0 Å². The molecular weight excluding hydrogens is 670 g/mol. The van der Waals surface area contributed by atoms with Gasteiger partial charge in [-0.3, -0.25) is 24.2 Å². The summed E-state index contributed by atoms with van der Waals surface area (Å²) in [5.41, 5.74) is 22.2. The van der Waals surface area contributed by atoms with Crippen LogP contribution in [0.5, 0.6) is 0 Å². The Morgan fingerprint density at radius 1 is 0.528 bits per heavy atom. The van der Waals surface area contributed by atoms with Crippen molar-refractivity contribution in [3.05, 3.63) is 0 Å². The number of nitrogens with zero attached hydrogens (tertiary/aromatic N) is 1. The number of nitrogens with two attached hydrogens (primary N) is 4. The number of nitrogens with one attached hydrogen (secondary N) is 4. The predicted molar refractivity (Wildman–Crippen MR) is 219 cm³/mol. The van der Waals surface area contributed by atoms with Gasteiger partial charge in [0, 0.05) is 19.0 Å². The highest BCUT2D eigenvalue weighted by molar-refractivity contribution is 5.94. The second-order valence-corrected chi connectivity index (χ2v) is 15.3. The number of hydrogen-bond donors (Lipinski definition) is 8. The van der Waals surface area contributed by atoms with Crippen molar-refractivity contribution in [2.24, 2.45) is 33.8 Å². The van der Waals surface area contributed by atoms with Crippen LogP contribution in [0.3, 0.4) is 0 Å². The molecule has 0 aliphatic carbocycles. The van der Waals surface area contributed by atoms with Crippen molar-refractivity contribution in [2.45, 2.75) is 200 Å². The molecule has 0 fully saturated rings. The number of hydrogen-bond acceptors (Lipinski definition) is 7. The third-order valence-electron chi connectivity index (χ3n) is 9.50. The van der Waals surface area contributed by atoms with Crippen LogP contribution in [0.15, 0.2) is 4.99 Å². The third-order valence-corrected chi connectivity index (χ3v) is 9.50. The maximum absolute atomic E-state index is 13.7. The minimum atomic E-state index is -0.886. The van der Waals surface area contributed by atoms with Crippen LogP contribution in [-0.2, 0) is 19.2 Å². The molecule has 0 heterocycles. The normalized spacial score (nSPS) is 13.5. The quantitative estimate of drug-likeness (QED) is 0.0254. The molecule has 0 saturated carbocycles. The minimum Gasteiger partial charge on any atom is -0.370 e. The molecule has 310 valence electrons. The third kappa shape index (κ3) is 29.2. The Morgan fingerprint density at radius 2 is 0.981 bits per heavy atom. The summed E-state index contributed by atoms with van der Waals surface area (Å²) in [5, 5.41) is 11.8. The molecule has 0 aliphatic heterocycles. The maximum atomic E-state index is 13.7. The number of aliphatic imine (C=N–C) groups is 1. The molecule has 12 N–H and O–H groups in total. The van der Waals surface area contributed by atoms with E-state index >= 15 is 0 Å². The van der Waals surface area contributed by atoms with E-state index in [0.717, 1.165) is 25.7 Å². The lowest BCUT2D eigenvalue weighted by Gasteiger charge is -2.27. The molecule has 0 unspecified atom stereocenters. The number of rotatable bonds is 35. The van der Waals surface area contributed by atoms with Crippen LogP contribution in [0.4, 0.5) is 0 Å². The molecule has 13 nitrogen and oxygen atoms in total. The Balaban J connectivity index is 5.20. The van der Waals surface area contributed by atoms with Gasteiger partial charge in [-0.2, -0.15) is 0 Å². The molecule has 0 rings (SSSR count). The summed E-state index contributed by atoms with van der Waals surface area (Å²) in [6, 6.07) is -2.60. The molecule has 0 spiro atoms. The monoisotopic (exact) mass is 752 g/mol. The van der Waals surface area contributed by atoms with Gasteiger partial charge in [0.1, 0.15) is 18.1 Å². The first kappa shape index (κ1) is 50.1. The zero-order valence-corrected chi connectivity index (χ0v) is 34.2. The lowest BCUT2D eigenvalue weighted by molar-refractivity contribution is -0.134.